The Morgan fingerprint density at radius 2 is 2.11 bits per heavy atom. The van der Waals surface area contributed by atoms with Crippen molar-refractivity contribution in [1.82, 2.24) is 5.32 Å². The van der Waals surface area contributed by atoms with Gasteiger partial charge in [-0.15, -0.1) is 0 Å². The number of carbonyl (C=O) groups excluding carboxylic acids is 2. The van der Waals surface area contributed by atoms with Crippen LogP contribution in [0.1, 0.15) is 12.5 Å². The van der Waals surface area contributed by atoms with Crippen molar-refractivity contribution in [3.8, 4) is 5.75 Å². The number of nitrogens with zero attached hydrogens (tertiary/aromatic N) is 1. The Morgan fingerprint density at radius 1 is 1.42 bits per heavy atom. The van der Waals surface area contributed by atoms with Crippen molar-refractivity contribution in [2.24, 2.45) is 0 Å². The van der Waals surface area contributed by atoms with Crippen molar-refractivity contribution in [3.63, 3.8) is 0 Å². The molecule has 0 aliphatic carbocycles. The Balaban J connectivity index is 2.94. The molecule has 0 aromatic heterocycles. The summed E-state index contributed by atoms with van der Waals surface area (Å²) in [6.07, 6.45) is -0.696. The number of nitrogens with one attached hydrogen (secondary N) is 1. The molecule has 1 aromatic rings. The molecule has 0 aliphatic rings. The van der Waals surface area contributed by atoms with Crippen molar-refractivity contribution in [3.05, 3.63) is 33.9 Å². The molecule has 8 heteroatoms. The van der Waals surface area contributed by atoms with Gasteiger partial charge in [0.1, 0.15) is 12.4 Å². The van der Waals surface area contributed by atoms with Crippen LogP contribution < -0.4 is 10.1 Å². The van der Waals surface area contributed by atoms with E-state index in [0.29, 0.717) is 0 Å². The number of carbonyl (C=O) groups is 2. The first-order valence-corrected chi connectivity index (χ1v) is 5.24. The fraction of sp³-hybridized carbons (Fsp3) is 0.273. The fourth-order valence-corrected chi connectivity index (χ4v) is 1.28. The van der Waals surface area contributed by atoms with Gasteiger partial charge >= 0.3 is 12.1 Å². The van der Waals surface area contributed by atoms with Gasteiger partial charge in [-0.05, 0) is 12.1 Å². The van der Waals surface area contributed by atoms with Crippen LogP contribution in [-0.4, -0.2) is 24.0 Å². The zero-order valence-electron chi connectivity index (χ0n) is 10.3. The predicted molar refractivity (Wildman–Crippen MR) is 63.7 cm³/mol. The summed E-state index contributed by atoms with van der Waals surface area (Å²) in [7, 11) is 1.38. The van der Waals surface area contributed by atoms with E-state index in [1.54, 1.807) is 0 Å². The van der Waals surface area contributed by atoms with Crippen LogP contribution in [0.2, 0.25) is 0 Å². The van der Waals surface area contributed by atoms with Gasteiger partial charge in [0.2, 0.25) is 0 Å². The number of nitro groups is 1. The van der Waals surface area contributed by atoms with Crippen molar-refractivity contribution < 1.29 is 24.0 Å². The molecule has 1 rings (SSSR count). The third-order valence-electron chi connectivity index (χ3n) is 2.08. The van der Waals surface area contributed by atoms with Gasteiger partial charge in [-0.1, -0.05) is 0 Å². The first-order valence-electron chi connectivity index (χ1n) is 5.24. The highest BCUT2D eigenvalue weighted by molar-refractivity contribution is 5.70. The van der Waals surface area contributed by atoms with Gasteiger partial charge in [0.15, 0.2) is 0 Å². The first-order chi connectivity index (χ1) is 8.93. The summed E-state index contributed by atoms with van der Waals surface area (Å²) in [5.74, 6) is -0.522. The molecule has 19 heavy (non-hydrogen) atoms. The van der Waals surface area contributed by atoms with Crippen LogP contribution in [0, 0.1) is 10.1 Å². The number of benzene rings is 1. The Kier molecular flexibility index (Phi) is 4.81. The molecule has 8 nitrogen and oxygen atoms in total. The lowest BCUT2D eigenvalue weighted by Crippen LogP contribution is -2.19. The minimum absolute atomic E-state index is 0.0582. The van der Waals surface area contributed by atoms with E-state index in [4.69, 9.17) is 9.47 Å². The summed E-state index contributed by atoms with van der Waals surface area (Å²) in [5.41, 5.74) is -0.0906. The van der Waals surface area contributed by atoms with Gasteiger partial charge in [0.25, 0.3) is 5.69 Å². The number of ether oxygens (including phenoxy) is 2. The second kappa shape index (κ2) is 6.34. The van der Waals surface area contributed by atoms with Crippen LogP contribution in [0.25, 0.3) is 0 Å². The van der Waals surface area contributed by atoms with E-state index >= 15 is 0 Å². The van der Waals surface area contributed by atoms with Crippen LogP contribution in [0.3, 0.4) is 0 Å². The quantitative estimate of drug-likeness (QED) is 0.382. The molecule has 0 atom stereocenters. The predicted octanol–water partition coefficient (Wildman–Crippen LogP) is 1.38. The molecular weight excluding hydrogens is 256 g/mol. The van der Waals surface area contributed by atoms with Gasteiger partial charge in [-0.3, -0.25) is 14.9 Å². The van der Waals surface area contributed by atoms with Crippen molar-refractivity contribution in [1.29, 1.82) is 0 Å². The largest absolute Gasteiger partial charge is 0.444 e. The summed E-state index contributed by atoms with van der Waals surface area (Å²) in [6.45, 7) is 0.935. The topological polar surface area (TPSA) is 108 Å². The molecular formula is C11H12N2O6. The van der Waals surface area contributed by atoms with Gasteiger partial charge < -0.3 is 14.8 Å². The summed E-state index contributed by atoms with van der Waals surface area (Å²) in [4.78, 5) is 31.9. The molecule has 0 fully saturated rings. The Bertz CT molecular complexity index is 514. The average Bonchev–Trinajstić information content (AvgIpc) is 2.35. The number of hydrogen-bond donors (Lipinski definition) is 1. The molecule has 0 heterocycles. The van der Waals surface area contributed by atoms with E-state index in [2.05, 4.69) is 5.32 Å². The second-order valence-corrected chi connectivity index (χ2v) is 3.47. The van der Waals surface area contributed by atoms with Gasteiger partial charge in [0.05, 0.1) is 16.6 Å². The lowest BCUT2D eigenvalue weighted by atomic mass is 10.2. The van der Waals surface area contributed by atoms with E-state index < -0.39 is 17.0 Å². The van der Waals surface area contributed by atoms with Crippen molar-refractivity contribution in [2.75, 3.05) is 7.05 Å². The highest BCUT2D eigenvalue weighted by atomic mass is 16.6. The maximum atomic E-state index is 10.9. The number of alkyl carbamates (subject to hydrolysis) is 1. The number of esters is 1. The molecule has 0 unspecified atom stereocenters. The monoisotopic (exact) mass is 268 g/mol. The number of nitro benzene ring substituents is 1. The molecule has 102 valence electrons. The third-order valence-corrected chi connectivity index (χ3v) is 2.08. The summed E-state index contributed by atoms with van der Waals surface area (Å²) in [5, 5.41) is 13.1. The summed E-state index contributed by atoms with van der Waals surface area (Å²) >= 11 is 0. The SMILES string of the molecule is CNC(=O)OCc1ccc(OC(C)=O)cc1[N+](=O)[O-]. The minimum Gasteiger partial charge on any atom is -0.444 e. The Labute approximate surface area is 108 Å². The van der Waals surface area contributed by atoms with Gasteiger partial charge in [0, 0.05) is 14.0 Å². The highest BCUT2D eigenvalue weighted by Gasteiger charge is 2.17. The smallest absolute Gasteiger partial charge is 0.407 e. The molecule has 0 aliphatic heterocycles. The van der Waals surface area contributed by atoms with Crippen LogP contribution in [-0.2, 0) is 16.1 Å². The maximum Gasteiger partial charge on any atom is 0.407 e. The number of hydrogen-bond acceptors (Lipinski definition) is 6. The molecule has 0 radical (unpaired) electrons. The van der Waals surface area contributed by atoms with Crippen LogP contribution in [0.5, 0.6) is 5.75 Å². The summed E-state index contributed by atoms with van der Waals surface area (Å²) < 4.78 is 9.47. The Morgan fingerprint density at radius 3 is 2.63 bits per heavy atom. The van der Waals surface area contributed by atoms with Crippen LogP contribution >= 0.6 is 0 Å². The first kappa shape index (κ1) is 14.4. The maximum absolute atomic E-state index is 10.9. The molecule has 1 N–H and O–H groups in total. The molecule has 1 aromatic carbocycles. The van der Waals surface area contributed by atoms with Gasteiger partial charge in [-0.2, -0.15) is 0 Å². The number of rotatable bonds is 4. The van der Waals surface area contributed by atoms with Crippen molar-refractivity contribution >= 4 is 17.7 Å². The summed E-state index contributed by atoms with van der Waals surface area (Å²) in [6, 6.07) is 3.85. The van der Waals surface area contributed by atoms with Gasteiger partial charge in [-0.25, -0.2) is 4.79 Å². The van der Waals surface area contributed by atoms with E-state index in [-0.39, 0.29) is 23.6 Å². The molecule has 0 saturated carbocycles. The second-order valence-electron chi connectivity index (χ2n) is 3.47. The standard InChI is InChI=1S/C11H12N2O6/c1-7(14)19-9-4-3-8(6-18-11(15)12-2)10(5-9)13(16)17/h3-5H,6H2,1-2H3,(H,12,15). The fourth-order valence-electron chi connectivity index (χ4n) is 1.28. The van der Waals surface area contributed by atoms with Crippen LogP contribution in [0.4, 0.5) is 10.5 Å². The van der Waals surface area contributed by atoms with E-state index in [1.165, 1.54) is 26.1 Å². The lowest BCUT2D eigenvalue weighted by molar-refractivity contribution is -0.385. The minimum atomic E-state index is -0.696. The van der Waals surface area contributed by atoms with E-state index in [0.717, 1.165) is 6.07 Å². The Hall–Kier alpha value is -2.64. The molecule has 0 saturated heterocycles. The molecule has 0 bridgehead atoms. The highest BCUT2D eigenvalue weighted by Crippen LogP contribution is 2.25. The zero-order chi connectivity index (χ0) is 14.4. The molecule has 0 spiro atoms. The molecule has 1 amide bonds. The third kappa shape index (κ3) is 4.26. The van der Waals surface area contributed by atoms with Crippen LogP contribution in [0.15, 0.2) is 18.2 Å². The number of amides is 1. The lowest BCUT2D eigenvalue weighted by Gasteiger charge is -2.06. The zero-order valence-corrected chi connectivity index (χ0v) is 10.3. The van der Waals surface area contributed by atoms with E-state index in [9.17, 15) is 19.7 Å². The van der Waals surface area contributed by atoms with E-state index in [1.807, 2.05) is 0 Å². The van der Waals surface area contributed by atoms with Crippen molar-refractivity contribution in [2.45, 2.75) is 13.5 Å². The average molecular weight is 268 g/mol. The normalized spacial score (nSPS) is 9.58.